The van der Waals surface area contributed by atoms with Crippen LogP contribution >= 0.6 is 23.2 Å². The van der Waals surface area contributed by atoms with Crippen molar-refractivity contribution in [2.24, 2.45) is 10.6 Å². The van der Waals surface area contributed by atoms with Gasteiger partial charge in [-0.15, -0.1) is 33.0 Å². The molecule has 24 heavy (non-hydrogen) atoms. The number of rotatable bonds is 11. The average molecular weight is 389 g/mol. The highest BCUT2D eigenvalue weighted by Gasteiger charge is 2.25. The molecule has 14 heteroatoms. The van der Waals surface area contributed by atoms with Crippen molar-refractivity contribution in [3.63, 3.8) is 0 Å². The van der Waals surface area contributed by atoms with E-state index in [1.807, 2.05) is 0 Å². The van der Waals surface area contributed by atoms with Crippen molar-refractivity contribution in [3.05, 3.63) is 9.81 Å². The van der Waals surface area contributed by atoms with Gasteiger partial charge >= 0.3 is 12.1 Å². The van der Waals surface area contributed by atoms with Gasteiger partial charge in [0.1, 0.15) is 6.10 Å². The fourth-order valence-electron chi connectivity index (χ4n) is 1.38. The number of aliphatic hydroxyl groups is 2. The first-order chi connectivity index (χ1) is 11.4. The van der Waals surface area contributed by atoms with E-state index in [-0.39, 0.29) is 24.8 Å². The van der Waals surface area contributed by atoms with Gasteiger partial charge in [0.25, 0.3) is 0 Å². The second-order valence-electron chi connectivity index (χ2n) is 4.30. The van der Waals surface area contributed by atoms with E-state index in [0.29, 0.717) is 10.0 Å². The third-order valence-electron chi connectivity index (χ3n) is 2.60. The zero-order valence-electron chi connectivity index (χ0n) is 12.5. The SMILES string of the molecule is O=NN(CCCl)C(=O)NCC(O)C(O)CN(N=O)C(=O)NCCCl. The van der Waals surface area contributed by atoms with E-state index in [1.165, 1.54) is 0 Å². The summed E-state index contributed by atoms with van der Waals surface area (Å²) >= 11 is 10.7. The number of nitrogens with zero attached hydrogens (tertiary/aromatic N) is 4. The maximum Gasteiger partial charge on any atom is 0.340 e. The van der Waals surface area contributed by atoms with Gasteiger partial charge in [0.05, 0.1) is 29.8 Å². The lowest BCUT2D eigenvalue weighted by molar-refractivity contribution is 0.00578. The van der Waals surface area contributed by atoms with E-state index in [9.17, 15) is 29.6 Å². The Morgan fingerprint density at radius 1 is 0.958 bits per heavy atom. The van der Waals surface area contributed by atoms with E-state index in [4.69, 9.17) is 23.2 Å². The van der Waals surface area contributed by atoms with Crippen LogP contribution in [0, 0.1) is 9.81 Å². The van der Waals surface area contributed by atoms with Crippen LogP contribution in [0.2, 0.25) is 0 Å². The lowest BCUT2D eigenvalue weighted by Crippen LogP contribution is -2.48. The number of amides is 4. The molecule has 0 fully saturated rings. The zero-order valence-corrected chi connectivity index (χ0v) is 14.0. The van der Waals surface area contributed by atoms with Gasteiger partial charge in [0.2, 0.25) is 0 Å². The van der Waals surface area contributed by atoms with Crippen LogP contribution in [0.4, 0.5) is 9.59 Å². The number of hydrogen-bond acceptors (Lipinski definition) is 8. The molecule has 138 valence electrons. The predicted octanol–water partition coefficient (Wildman–Crippen LogP) is -0.428. The number of aliphatic hydroxyl groups excluding tert-OH is 2. The molecule has 0 bridgehead atoms. The van der Waals surface area contributed by atoms with Gasteiger partial charge in [-0.1, -0.05) is 0 Å². The van der Waals surface area contributed by atoms with Gasteiger partial charge < -0.3 is 20.8 Å². The van der Waals surface area contributed by atoms with Crippen LogP contribution in [-0.2, 0) is 0 Å². The van der Waals surface area contributed by atoms with Gasteiger partial charge in [-0.2, -0.15) is 10.0 Å². The van der Waals surface area contributed by atoms with E-state index in [2.05, 4.69) is 21.2 Å². The Morgan fingerprint density at radius 2 is 1.54 bits per heavy atom. The molecule has 0 aliphatic carbocycles. The molecule has 0 rings (SSSR count). The summed E-state index contributed by atoms with van der Waals surface area (Å²) in [6, 6.07) is -1.83. The fraction of sp³-hybridized carbons (Fsp3) is 0.800. The van der Waals surface area contributed by atoms with Gasteiger partial charge in [0.15, 0.2) is 0 Å². The summed E-state index contributed by atoms with van der Waals surface area (Å²) in [6.45, 7) is -1.15. The Bertz CT molecular complexity index is 431. The second-order valence-corrected chi connectivity index (χ2v) is 5.06. The highest BCUT2D eigenvalue weighted by molar-refractivity contribution is 6.18. The topological polar surface area (TPSA) is 164 Å². The van der Waals surface area contributed by atoms with Crippen molar-refractivity contribution in [3.8, 4) is 0 Å². The normalized spacial score (nSPS) is 12.7. The quantitative estimate of drug-likeness (QED) is 0.213. The molecule has 0 aromatic carbocycles. The number of carbonyl (C=O) groups is 2. The summed E-state index contributed by atoms with van der Waals surface area (Å²) in [6.07, 6.45) is -3.13. The monoisotopic (exact) mass is 388 g/mol. The summed E-state index contributed by atoms with van der Waals surface area (Å²) < 4.78 is 0. The largest absolute Gasteiger partial charge is 0.389 e. The van der Waals surface area contributed by atoms with Crippen LogP contribution in [0.25, 0.3) is 0 Å². The van der Waals surface area contributed by atoms with Gasteiger partial charge in [-0.05, 0) is 0 Å². The number of nitroso groups, excluding NO2 is 2. The summed E-state index contributed by atoms with van der Waals surface area (Å²) in [7, 11) is 0. The molecule has 0 heterocycles. The average Bonchev–Trinajstić information content (AvgIpc) is 2.59. The Morgan fingerprint density at radius 3 is 2.04 bits per heavy atom. The molecule has 2 atom stereocenters. The first-order valence-corrected chi connectivity index (χ1v) is 7.73. The number of hydrogen-bond donors (Lipinski definition) is 4. The third kappa shape index (κ3) is 8.19. The number of carbonyl (C=O) groups excluding carboxylic acids is 2. The summed E-state index contributed by atoms with van der Waals surface area (Å²) in [5.41, 5.74) is 0. The van der Waals surface area contributed by atoms with Crippen LogP contribution in [0.1, 0.15) is 0 Å². The van der Waals surface area contributed by atoms with Crippen LogP contribution < -0.4 is 10.6 Å². The molecule has 12 nitrogen and oxygen atoms in total. The van der Waals surface area contributed by atoms with Crippen molar-refractivity contribution in [2.75, 3.05) is 37.9 Å². The minimum atomic E-state index is -1.59. The smallest absolute Gasteiger partial charge is 0.340 e. The Hall–Kier alpha value is -1.76. The minimum Gasteiger partial charge on any atom is -0.389 e. The molecule has 0 aromatic heterocycles. The standard InChI is InChI=1S/C10H18Cl2N6O6/c11-1-3-13-9(21)18(16-24)6-8(20)7(19)5-14-10(22)17(15-23)4-2-12/h7-8,19-20H,1-6H2,(H,13,21)(H,14,22). The third-order valence-corrected chi connectivity index (χ3v) is 2.96. The Balaban J connectivity index is 4.41. The van der Waals surface area contributed by atoms with Crippen LogP contribution in [0.5, 0.6) is 0 Å². The molecule has 0 aromatic rings. The highest BCUT2D eigenvalue weighted by Crippen LogP contribution is 2.00. The van der Waals surface area contributed by atoms with Crippen molar-refractivity contribution in [1.82, 2.24) is 20.7 Å². The molecule has 4 amide bonds. The number of halogens is 2. The first-order valence-electron chi connectivity index (χ1n) is 6.66. The van der Waals surface area contributed by atoms with Crippen molar-refractivity contribution in [1.29, 1.82) is 0 Å². The molecule has 0 spiro atoms. The van der Waals surface area contributed by atoms with Crippen LogP contribution in [0.15, 0.2) is 10.6 Å². The molecule has 4 N–H and O–H groups in total. The van der Waals surface area contributed by atoms with E-state index in [1.54, 1.807) is 0 Å². The minimum absolute atomic E-state index is 0.0261. The molecular formula is C10H18Cl2N6O6. The molecule has 2 unspecified atom stereocenters. The Kier molecular flexibility index (Phi) is 11.7. The Labute approximate surface area is 146 Å². The number of urea groups is 2. The van der Waals surface area contributed by atoms with Crippen molar-refractivity contribution in [2.45, 2.75) is 12.2 Å². The molecular weight excluding hydrogens is 371 g/mol. The molecule has 0 radical (unpaired) electrons. The second kappa shape index (κ2) is 12.6. The van der Waals surface area contributed by atoms with Gasteiger partial charge in [-0.25, -0.2) is 9.59 Å². The highest BCUT2D eigenvalue weighted by atomic mass is 35.5. The predicted molar refractivity (Wildman–Crippen MR) is 85.3 cm³/mol. The van der Waals surface area contributed by atoms with Crippen LogP contribution in [-0.4, -0.2) is 82.4 Å². The summed E-state index contributed by atoms with van der Waals surface area (Å²) in [5.74, 6) is 0.0843. The molecule has 0 saturated carbocycles. The van der Waals surface area contributed by atoms with E-state index in [0.717, 1.165) is 0 Å². The summed E-state index contributed by atoms with van der Waals surface area (Å²) in [4.78, 5) is 44.0. The maximum atomic E-state index is 11.5. The van der Waals surface area contributed by atoms with Gasteiger partial charge in [-0.3, -0.25) is 0 Å². The first kappa shape index (κ1) is 22.2. The van der Waals surface area contributed by atoms with E-state index >= 15 is 0 Å². The summed E-state index contributed by atoms with van der Waals surface area (Å²) in [5, 5.41) is 29.5. The number of alkyl halides is 2. The number of nitrogens with one attached hydrogen (secondary N) is 2. The molecule has 0 saturated heterocycles. The van der Waals surface area contributed by atoms with Crippen LogP contribution in [0.3, 0.4) is 0 Å². The lowest BCUT2D eigenvalue weighted by atomic mass is 10.2. The lowest BCUT2D eigenvalue weighted by Gasteiger charge is -2.22. The van der Waals surface area contributed by atoms with Gasteiger partial charge in [0, 0.05) is 24.8 Å². The molecule has 0 aliphatic heterocycles. The van der Waals surface area contributed by atoms with Crippen molar-refractivity contribution < 1.29 is 19.8 Å². The zero-order chi connectivity index (χ0) is 18.5. The molecule has 0 aliphatic rings. The van der Waals surface area contributed by atoms with Crippen molar-refractivity contribution >= 4 is 35.3 Å². The fourth-order valence-corrected chi connectivity index (χ4v) is 1.63. The van der Waals surface area contributed by atoms with E-state index < -0.39 is 37.4 Å². The maximum absolute atomic E-state index is 11.5.